The third kappa shape index (κ3) is 4.24. The molecule has 0 aromatic carbocycles. The summed E-state index contributed by atoms with van der Waals surface area (Å²) < 4.78 is 24.1. The molecule has 0 fully saturated rings. The van der Waals surface area contributed by atoms with Crippen LogP contribution in [0.4, 0.5) is 8.78 Å². The van der Waals surface area contributed by atoms with Gasteiger partial charge in [0.15, 0.2) is 11.7 Å². The van der Waals surface area contributed by atoms with Crippen molar-refractivity contribution in [2.45, 2.75) is 26.2 Å². The average Bonchev–Trinajstić information content (AvgIpc) is 1.88. The van der Waals surface area contributed by atoms with Gasteiger partial charge in [-0.1, -0.05) is 19.9 Å². The fourth-order valence-corrected chi connectivity index (χ4v) is 0.544. The molecule has 0 aromatic rings. The molecule has 0 unspecified atom stereocenters. The third-order valence-corrected chi connectivity index (χ3v) is 1.14. The van der Waals surface area contributed by atoms with Crippen molar-refractivity contribution in [3.05, 3.63) is 24.3 Å². The van der Waals surface area contributed by atoms with Crippen molar-refractivity contribution in [2.75, 3.05) is 0 Å². The second-order valence-corrected chi connectivity index (χ2v) is 2.10. The Morgan fingerprint density at radius 3 is 2.50 bits per heavy atom. The quantitative estimate of drug-likeness (QED) is 0.420. The Bertz CT molecular complexity index is 136. The third-order valence-electron chi connectivity index (χ3n) is 1.14. The van der Waals surface area contributed by atoms with E-state index < -0.39 is 11.7 Å². The molecule has 0 rings (SSSR count). The molecule has 0 N–H and O–H groups in total. The van der Waals surface area contributed by atoms with E-state index in [4.69, 9.17) is 0 Å². The SMILES string of the molecule is C=C(F)/C(F)=C\CCCC. The molecule has 0 aliphatic carbocycles. The molecule has 0 radical (unpaired) electrons. The lowest BCUT2D eigenvalue weighted by Crippen LogP contribution is -1.73. The van der Waals surface area contributed by atoms with Crippen LogP contribution in [-0.4, -0.2) is 0 Å². The Balaban J connectivity index is 3.58. The maximum absolute atomic E-state index is 12.2. The fourth-order valence-electron chi connectivity index (χ4n) is 0.544. The van der Waals surface area contributed by atoms with Crippen LogP contribution < -0.4 is 0 Å². The highest BCUT2D eigenvalue weighted by atomic mass is 19.2. The van der Waals surface area contributed by atoms with Crippen molar-refractivity contribution in [2.24, 2.45) is 0 Å². The topological polar surface area (TPSA) is 0 Å². The maximum Gasteiger partial charge on any atom is 0.154 e. The van der Waals surface area contributed by atoms with Crippen LogP contribution in [0.5, 0.6) is 0 Å². The van der Waals surface area contributed by atoms with Crippen LogP contribution >= 0.6 is 0 Å². The van der Waals surface area contributed by atoms with E-state index in [2.05, 4.69) is 6.58 Å². The summed E-state index contributed by atoms with van der Waals surface area (Å²) in [5, 5.41) is 0. The summed E-state index contributed by atoms with van der Waals surface area (Å²) >= 11 is 0. The predicted molar refractivity (Wildman–Crippen MR) is 39.0 cm³/mol. The number of allylic oxidation sites excluding steroid dienone is 3. The second kappa shape index (κ2) is 5.15. The summed E-state index contributed by atoms with van der Waals surface area (Å²) in [7, 11) is 0. The number of unbranched alkanes of at least 4 members (excludes halogenated alkanes) is 2. The molecular weight excluding hydrogens is 134 g/mol. The van der Waals surface area contributed by atoms with Crippen LogP contribution in [-0.2, 0) is 0 Å². The molecule has 0 aromatic heterocycles. The van der Waals surface area contributed by atoms with E-state index in [0.717, 1.165) is 12.8 Å². The number of hydrogen-bond donors (Lipinski definition) is 0. The molecular formula is C8H12F2. The highest BCUT2D eigenvalue weighted by molar-refractivity contribution is 5.14. The average molecular weight is 146 g/mol. The molecule has 0 saturated carbocycles. The van der Waals surface area contributed by atoms with E-state index in [1.807, 2.05) is 6.92 Å². The van der Waals surface area contributed by atoms with Crippen LogP contribution in [0.1, 0.15) is 26.2 Å². The maximum atomic E-state index is 12.2. The molecule has 58 valence electrons. The molecule has 0 nitrogen and oxygen atoms in total. The lowest BCUT2D eigenvalue weighted by Gasteiger charge is -1.90. The first-order valence-electron chi connectivity index (χ1n) is 3.39. The zero-order chi connectivity index (χ0) is 7.98. The zero-order valence-corrected chi connectivity index (χ0v) is 6.16. The fraction of sp³-hybridized carbons (Fsp3) is 0.500. The number of hydrogen-bond acceptors (Lipinski definition) is 0. The molecule has 0 aliphatic heterocycles. The Kier molecular flexibility index (Phi) is 4.81. The Hall–Kier alpha value is -0.660. The first-order chi connectivity index (χ1) is 4.68. The van der Waals surface area contributed by atoms with Gasteiger partial charge in [0, 0.05) is 0 Å². The Morgan fingerprint density at radius 1 is 1.50 bits per heavy atom. The van der Waals surface area contributed by atoms with Crippen molar-refractivity contribution in [1.82, 2.24) is 0 Å². The molecule has 2 heteroatoms. The van der Waals surface area contributed by atoms with E-state index in [1.165, 1.54) is 6.08 Å². The summed E-state index contributed by atoms with van der Waals surface area (Å²) in [6.45, 7) is 4.82. The molecule has 10 heavy (non-hydrogen) atoms. The smallest absolute Gasteiger partial charge is 0.154 e. The van der Waals surface area contributed by atoms with Crippen molar-refractivity contribution in [1.29, 1.82) is 0 Å². The van der Waals surface area contributed by atoms with E-state index in [0.29, 0.717) is 6.42 Å². The number of rotatable bonds is 4. The summed E-state index contributed by atoms with van der Waals surface area (Å²) in [4.78, 5) is 0. The molecule has 0 atom stereocenters. The van der Waals surface area contributed by atoms with E-state index in [-0.39, 0.29) is 0 Å². The Morgan fingerprint density at radius 2 is 2.10 bits per heavy atom. The van der Waals surface area contributed by atoms with Crippen molar-refractivity contribution in [3.63, 3.8) is 0 Å². The first-order valence-corrected chi connectivity index (χ1v) is 3.39. The highest BCUT2D eigenvalue weighted by Gasteiger charge is 1.96. The standard InChI is InChI=1S/C8H12F2/c1-3-4-5-6-8(10)7(2)9/h6H,2-5H2,1H3/b8-6+. The van der Waals surface area contributed by atoms with Gasteiger partial charge in [-0.25, -0.2) is 8.78 Å². The van der Waals surface area contributed by atoms with Gasteiger partial charge in [0.05, 0.1) is 0 Å². The van der Waals surface area contributed by atoms with E-state index in [1.54, 1.807) is 0 Å². The molecule has 0 heterocycles. The van der Waals surface area contributed by atoms with Gasteiger partial charge in [-0.2, -0.15) is 0 Å². The summed E-state index contributed by atoms with van der Waals surface area (Å²) in [6, 6.07) is 0. The second-order valence-electron chi connectivity index (χ2n) is 2.10. The Labute approximate surface area is 60.2 Å². The van der Waals surface area contributed by atoms with Crippen LogP contribution in [0.3, 0.4) is 0 Å². The zero-order valence-electron chi connectivity index (χ0n) is 6.16. The molecule has 0 saturated heterocycles. The van der Waals surface area contributed by atoms with Crippen LogP contribution in [0.25, 0.3) is 0 Å². The van der Waals surface area contributed by atoms with Crippen LogP contribution in [0.2, 0.25) is 0 Å². The van der Waals surface area contributed by atoms with E-state index >= 15 is 0 Å². The predicted octanol–water partition coefficient (Wildman–Crippen LogP) is 3.51. The van der Waals surface area contributed by atoms with Gasteiger partial charge in [0.25, 0.3) is 0 Å². The molecule has 0 amide bonds. The largest absolute Gasteiger partial charge is 0.204 e. The summed E-state index contributed by atoms with van der Waals surface area (Å²) in [5.74, 6) is -1.80. The van der Waals surface area contributed by atoms with Gasteiger partial charge in [0.1, 0.15) is 0 Å². The molecule has 0 bridgehead atoms. The minimum absolute atomic E-state index is 0.589. The van der Waals surface area contributed by atoms with Crippen molar-refractivity contribution >= 4 is 0 Å². The van der Waals surface area contributed by atoms with Gasteiger partial charge in [-0.05, 0) is 18.9 Å². The van der Waals surface area contributed by atoms with Gasteiger partial charge < -0.3 is 0 Å². The monoisotopic (exact) mass is 146 g/mol. The van der Waals surface area contributed by atoms with Gasteiger partial charge in [-0.15, -0.1) is 0 Å². The van der Waals surface area contributed by atoms with Gasteiger partial charge in [0.2, 0.25) is 0 Å². The van der Waals surface area contributed by atoms with Crippen molar-refractivity contribution < 1.29 is 8.78 Å². The number of halogens is 2. The highest BCUT2D eigenvalue weighted by Crippen LogP contribution is 2.11. The first kappa shape index (κ1) is 9.34. The van der Waals surface area contributed by atoms with Crippen molar-refractivity contribution in [3.8, 4) is 0 Å². The van der Waals surface area contributed by atoms with Gasteiger partial charge >= 0.3 is 0 Å². The van der Waals surface area contributed by atoms with E-state index in [9.17, 15) is 8.78 Å². The minimum atomic E-state index is -0.976. The minimum Gasteiger partial charge on any atom is -0.204 e. The van der Waals surface area contributed by atoms with Crippen LogP contribution in [0.15, 0.2) is 24.3 Å². The molecule has 0 spiro atoms. The normalized spacial score (nSPS) is 11.7. The summed E-state index contributed by atoms with van der Waals surface area (Å²) in [5.41, 5.74) is 0. The molecule has 0 aliphatic rings. The lowest BCUT2D eigenvalue weighted by molar-refractivity contribution is 0.543. The summed E-state index contributed by atoms with van der Waals surface area (Å²) in [6.07, 6.45) is 3.69. The van der Waals surface area contributed by atoms with Gasteiger partial charge in [-0.3, -0.25) is 0 Å². The van der Waals surface area contributed by atoms with Crippen LogP contribution in [0, 0.1) is 0 Å². The lowest BCUT2D eigenvalue weighted by atomic mass is 10.2.